The van der Waals surface area contributed by atoms with Crippen LogP contribution in [0.1, 0.15) is 38.7 Å². The van der Waals surface area contributed by atoms with Crippen molar-refractivity contribution in [2.24, 2.45) is 11.1 Å². The fourth-order valence-corrected chi connectivity index (χ4v) is 2.55. The van der Waals surface area contributed by atoms with Crippen molar-refractivity contribution in [1.29, 1.82) is 0 Å². The lowest BCUT2D eigenvalue weighted by Crippen LogP contribution is -2.23. The molecule has 1 aromatic rings. The van der Waals surface area contributed by atoms with Crippen LogP contribution in [0.15, 0.2) is 24.3 Å². The number of hydrogen-bond donors (Lipinski definition) is 1. The van der Waals surface area contributed by atoms with Crippen molar-refractivity contribution in [2.75, 3.05) is 27.2 Å². The molecule has 0 unspecified atom stereocenters. The summed E-state index contributed by atoms with van der Waals surface area (Å²) in [6, 6.07) is 8.23. The fourth-order valence-electron chi connectivity index (χ4n) is 2.55. The van der Waals surface area contributed by atoms with Gasteiger partial charge >= 0.3 is 0 Å². The first-order valence-electron chi connectivity index (χ1n) is 7.49. The molecule has 3 heteroatoms. The van der Waals surface area contributed by atoms with Gasteiger partial charge in [0.2, 0.25) is 0 Å². The molecule has 0 saturated carbocycles. The number of rotatable bonds is 9. The summed E-state index contributed by atoms with van der Waals surface area (Å²) in [6.07, 6.45) is 3.53. The Hall–Kier alpha value is -1.06. The van der Waals surface area contributed by atoms with Gasteiger partial charge in [0.05, 0.1) is 7.11 Å². The Kier molecular flexibility index (Phi) is 7.03. The van der Waals surface area contributed by atoms with Gasteiger partial charge in [-0.2, -0.15) is 0 Å². The summed E-state index contributed by atoms with van der Waals surface area (Å²) >= 11 is 0. The predicted octanol–water partition coefficient (Wildman–Crippen LogP) is 3.28. The van der Waals surface area contributed by atoms with Gasteiger partial charge in [-0.3, -0.25) is 0 Å². The topological polar surface area (TPSA) is 38.5 Å². The minimum absolute atomic E-state index is 0.361. The van der Waals surface area contributed by atoms with Crippen LogP contribution in [0.3, 0.4) is 0 Å². The van der Waals surface area contributed by atoms with Gasteiger partial charge in [-0.15, -0.1) is 0 Å². The molecule has 1 rings (SSSR count). The number of benzene rings is 1. The van der Waals surface area contributed by atoms with Crippen LogP contribution in [0, 0.1) is 5.41 Å². The molecule has 2 N–H and O–H groups in total. The molecule has 114 valence electrons. The van der Waals surface area contributed by atoms with E-state index in [2.05, 4.69) is 37.9 Å². The Morgan fingerprint density at radius 3 is 2.55 bits per heavy atom. The second-order valence-electron chi connectivity index (χ2n) is 6.36. The lowest BCUT2D eigenvalue weighted by Gasteiger charge is -2.25. The third-order valence-corrected chi connectivity index (χ3v) is 3.85. The Morgan fingerprint density at radius 2 is 1.90 bits per heavy atom. The Labute approximate surface area is 124 Å². The summed E-state index contributed by atoms with van der Waals surface area (Å²) in [5.74, 6) is 0.975. The first-order chi connectivity index (χ1) is 9.48. The van der Waals surface area contributed by atoms with E-state index in [9.17, 15) is 0 Å². The molecule has 0 radical (unpaired) electrons. The van der Waals surface area contributed by atoms with Crippen molar-refractivity contribution < 1.29 is 4.74 Å². The summed E-state index contributed by atoms with van der Waals surface area (Å²) in [7, 11) is 3.90. The van der Waals surface area contributed by atoms with E-state index in [1.807, 2.05) is 12.1 Å². The van der Waals surface area contributed by atoms with Gasteiger partial charge in [0, 0.05) is 12.1 Å². The van der Waals surface area contributed by atoms with E-state index in [1.165, 1.54) is 18.4 Å². The average molecular weight is 278 g/mol. The highest BCUT2D eigenvalue weighted by Crippen LogP contribution is 2.26. The summed E-state index contributed by atoms with van der Waals surface area (Å²) in [5.41, 5.74) is 7.27. The van der Waals surface area contributed by atoms with Crippen LogP contribution in [-0.2, 0) is 6.54 Å². The third kappa shape index (κ3) is 5.93. The summed E-state index contributed by atoms with van der Waals surface area (Å²) < 4.78 is 5.40. The fraction of sp³-hybridized carbons (Fsp3) is 0.647. The van der Waals surface area contributed by atoms with Gasteiger partial charge < -0.3 is 15.4 Å². The lowest BCUT2D eigenvalue weighted by atomic mass is 9.84. The molecule has 0 bridgehead atoms. The molecule has 0 atom stereocenters. The Bertz CT molecular complexity index is 390. The summed E-state index contributed by atoms with van der Waals surface area (Å²) in [4.78, 5) is 2.36. The number of hydrogen-bond acceptors (Lipinski definition) is 3. The molecule has 0 aliphatic rings. The highest BCUT2D eigenvalue weighted by Gasteiger charge is 2.16. The number of nitrogens with zero attached hydrogens (tertiary/aromatic N) is 1. The summed E-state index contributed by atoms with van der Waals surface area (Å²) in [5, 5.41) is 0. The van der Waals surface area contributed by atoms with Crippen LogP contribution in [0.5, 0.6) is 5.75 Å². The molecule has 3 nitrogen and oxygen atoms in total. The Balaban J connectivity index is 2.38. The van der Waals surface area contributed by atoms with Gasteiger partial charge in [0.25, 0.3) is 0 Å². The monoisotopic (exact) mass is 278 g/mol. The van der Waals surface area contributed by atoms with Crippen LogP contribution in [0.4, 0.5) is 0 Å². The first-order valence-corrected chi connectivity index (χ1v) is 7.49. The molecule has 1 aromatic carbocycles. The largest absolute Gasteiger partial charge is 0.496 e. The van der Waals surface area contributed by atoms with Crippen molar-refractivity contribution in [3.8, 4) is 5.75 Å². The third-order valence-electron chi connectivity index (χ3n) is 3.85. The maximum atomic E-state index is 5.66. The van der Waals surface area contributed by atoms with Crippen LogP contribution in [0.25, 0.3) is 0 Å². The van der Waals surface area contributed by atoms with Gasteiger partial charge in [-0.25, -0.2) is 0 Å². The quantitative estimate of drug-likeness (QED) is 0.753. The van der Waals surface area contributed by atoms with E-state index in [4.69, 9.17) is 10.5 Å². The summed E-state index contributed by atoms with van der Waals surface area (Å²) in [6.45, 7) is 7.43. The van der Waals surface area contributed by atoms with Crippen LogP contribution in [0.2, 0.25) is 0 Å². The minimum Gasteiger partial charge on any atom is -0.496 e. The maximum absolute atomic E-state index is 5.66. The Morgan fingerprint density at radius 1 is 1.20 bits per heavy atom. The van der Waals surface area contributed by atoms with E-state index in [0.29, 0.717) is 5.41 Å². The second kappa shape index (κ2) is 8.28. The zero-order valence-corrected chi connectivity index (χ0v) is 13.5. The van der Waals surface area contributed by atoms with Gasteiger partial charge in [-0.05, 0) is 50.9 Å². The number of ether oxygens (including phenoxy) is 1. The minimum atomic E-state index is 0.361. The van der Waals surface area contributed by atoms with Crippen LogP contribution < -0.4 is 10.5 Å². The molecule has 20 heavy (non-hydrogen) atoms. The van der Waals surface area contributed by atoms with Crippen molar-refractivity contribution in [3.63, 3.8) is 0 Å². The molecule has 0 spiro atoms. The lowest BCUT2D eigenvalue weighted by molar-refractivity contribution is 0.257. The SMILES string of the molecule is COc1ccccc1CN(C)CCCC(C)(C)CCN. The first kappa shape index (κ1) is 17.0. The molecule has 0 aliphatic carbocycles. The van der Waals surface area contributed by atoms with Gasteiger partial charge in [0.1, 0.15) is 5.75 Å². The molecular formula is C17H30N2O. The maximum Gasteiger partial charge on any atom is 0.123 e. The normalized spacial score (nSPS) is 11.9. The molecule has 0 saturated heterocycles. The van der Waals surface area contributed by atoms with Crippen molar-refractivity contribution >= 4 is 0 Å². The van der Waals surface area contributed by atoms with E-state index in [-0.39, 0.29) is 0 Å². The smallest absolute Gasteiger partial charge is 0.123 e. The molecule has 0 amide bonds. The molecule has 0 fully saturated rings. The molecule has 0 heterocycles. The second-order valence-corrected chi connectivity index (χ2v) is 6.36. The van der Waals surface area contributed by atoms with Crippen molar-refractivity contribution in [3.05, 3.63) is 29.8 Å². The van der Waals surface area contributed by atoms with E-state index < -0.39 is 0 Å². The molecule has 0 aromatic heterocycles. The highest BCUT2D eigenvalue weighted by molar-refractivity contribution is 5.32. The van der Waals surface area contributed by atoms with Crippen LogP contribution >= 0.6 is 0 Å². The highest BCUT2D eigenvalue weighted by atomic mass is 16.5. The molecular weight excluding hydrogens is 248 g/mol. The van der Waals surface area contributed by atoms with E-state index in [0.717, 1.165) is 31.8 Å². The van der Waals surface area contributed by atoms with E-state index >= 15 is 0 Å². The molecule has 0 aliphatic heterocycles. The number of methoxy groups -OCH3 is 1. The van der Waals surface area contributed by atoms with Gasteiger partial charge in [-0.1, -0.05) is 32.0 Å². The van der Waals surface area contributed by atoms with Crippen molar-refractivity contribution in [1.82, 2.24) is 4.90 Å². The number of nitrogens with two attached hydrogens (primary N) is 1. The zero-order chi connectivity index (χ0) is 15.0. The van der Waals surface area contributed by atoms with Crippen LogP contribution in [-0.4, -0.2) is 32.1 Å². The number of para-hydroxylation sites is 1. The zero-order valence-electron chi connectivity index (χ0n) is 13.5. The standard InChI is InChI=1S/C17H30N2O/c1-17(2,11-12-18)10-7-13-19(3)14-15-8-5-6-9-16(15)20-4/h5-6,8-9H,7,10-14,18H2,1-4H3. The van der Waals surface area contributed by atoms with Crippen molar-refractivity contribution in [2.45, 2.75) is 39.7 Å². The van der Waals surface area contributed by atoms with E-state index in [1.54, 1.807) is 7.11 Å². The predicted molar refractivity (Wildman–Crippen MR) is 86.0 cm³/mol. The average Bonchev–Trinajstić information content (AvgIpc) is 2.39. The van der Waals surface area contributed by atoms with Gasteiger partial charge in [0.15, 0.2) is 0 Å².